The molecule has 1 aliphatic rings. The van der Waals surface area contributed by atoms with E-state index in [0.717, 1.165) is 22.4 Å². The molecule has 4 rings (SSSR count). The molecule has 2 amide bonds. The molecule has 6 nitrogen and oxygen atoms in total. The summed E-state index contributed by atoms with van der Waals surface area (Å²) in [5.74, 6) is 0.320. The summed E-state index contributed by atoms with van der Waals surface area (Å²) in [6, 6.07) is 23.7. The van der Waals surface area contributed by atoms with E-state index in [1.807, 2.05) is 72.8 Å². The molecule has 0 saturated carbocycles. The second kappa shape index (κ2) is 10.1. The third kappa shape index (κ3) is 5.15. The highest BCUT2D eigenvalue weighted by atomic mass is 16.5. The van der Waals surface area contributed by atoms with Crippen molar-refractivity contribution in [2.75, 3.05) is 7.11 Å². The van der Waals surface area contributed by atoms with Gasteiger partial charge in [0.05, 0.1) is 13.2 Å². The van der Waals surface area contributed by atoms with Gasteiger partial charge >= 0.3 is 0 Å². The molecule has 3 aromatic carbocycles. The third-order valence-corrected chi connectivity index (χ3v) is 5.71. The van der Waals surface area contributed by atoms with Crippen LogP contribution in [-0.2, 0) is 29.1 Å². The molecule has 0 saturated heterocycles. The van der Waals surface area contributed by atoms with E-state index in [4.69, 9.17) is 4.74 Å². The molecule has 3 N–H and O–H groups in total. The fourth-order valence-electron chi connectivity index (χ4n) is 3.86. The summed E-state index contributed by atoms with van der Waals surface area (Å²) >= 11 is 0. The SMILES string of the molecule is COc1ccc(CNC(=O)[C@H](NC(=O)[C@H]2Cc3ccccc3CN2)c2ccccc2)cc1. The van der Waals surface area contributed by atoms with E-state index in [-0.39, 0.29) is 17.9 Å². The summed E-state index contributed by atoms with van der Waals surface area (Å²) < 4.78 is 5.17. The van der Waals surface area contributed by atoms with Crippen LogP contribution in [0.2, 0.25) is 0 Å². The minimum absolute atomic E-state index is 0.187. The highest BCUT2D eigenvalue weighted by Crippen LogP contribution is 2.19. The molecule has 0 radical (unpaired) electrons. The zero-order valence-corrected chi connectivity index (χ0v) is 18.0. The van der Waals surface area contributed by atoms with Gasteiger partial charge < -0.3 is 20.7 Å². The molecule has 1 heterocycles. The van der Waals surface area contributed by atoms with Crippen LogP contribution < -0.4 is 20.7 Å². The highest BCUT2D eigenvalue weighted by molar-refractivity contribution is 5.90. The molecule has 0 bridgehead atoms. The van der Waals surface area contributed by atoms with Crippen molar-refractivity contribution in [3.63, 3.8) is 0 Å². The largest absolute Gasteiger partial charge is 0.497 e. The number of benzene rings is 3. The van der Waals surface area contributed by atoms with E-state index in [9.17, 15) is 9.59 Å². The van der Waals surface area contributed by atoms with Crippen molar-refractivity contribution in [1.82, 2.24) is 16.0 Å². The lowest BCUT2D eigenvalue weighted by Crippen LogP contribution is -2.50. The quantitative estimate of drug-likeness (QED) is 0.540. The Kier molecular flexibility index (Phi) is 6.82. The fourth-order valence-corrected chi connectivity index (χ4v) is 3.86. The predicted molar refractivity (Wildman–Crippen MR) is 123 cm³/mol. The topological polar surface area (TPSA) is 79.5 Å². The summed E-state index contributed by atoms with van der Waals surface area (Å²) in [6.45, 7) is 0.991. The predicted octanol–water partition coefficient (Wildman–Crippen LogP) is 2.88. The zero-order valence-electron chi connectivity index (χ0n) is 18.0. The van der Waals surface area contributed by atoms with Gasteiger partial charge in [0, 0.05) is 13.1 Å². The normalized spacial score (nSPS) is 15.8. The second-order valence-corrected chi connectivity index (χ2v) is 7.82. The number of methoxy groups -OCH3 is 1. The Hall–Kier alpha value is -3.64. The first-order chi connectivity index (χ1) is 15.6. The number of hydrogen-bond acceptors (Lipinski definition) is 4. The number of amides is 2. The molecule has 164 valence electrons. The number of hydrogen-bond donors (Lipinski definition) is 3. The van der Waals surface area contributed by atoms with Crippen LogP contribution in [0.15, 0.2) is 78.9 Å². The maximum Gasteiger partial charge on any atom is 0.247 e. The summed E-state index contributed by atoms with van der Waals surface area (Å²) in [5, 5.41) is 9.18. The first kappa shape index (κ1) is 21.6. The number of carbonyl (C=O) groups is 2. The Morgan fingerprint density at radius 1 is 0.969 bits per heavy atom. The van der Waals surface area contributed by atoms with Crippen LogP contribution in [0.5, 0.6) is 5.75 Å². The van der Waals surface area contributed by atoms with Crippen molar-refractivity contribution in [2.45, 2.75) is 31.6 Å². The molecule has 0 fully saturated rings. The lowest BCUT2D eigenvalue weighted by atomic mass is 9.95. The van der Waals surface area contributed by atoms with Crippen LogP contribution in [0.1, 0.15) is 28.3 Å². The van der Waals surface area contributed by atoms with Gasteiger partial charge in [-0.05, 0) is 40.8 Å². The Morgan fingerprint density at radius 3 is 2.38 bits per heavy atom. The van der Waals surface area contributed by atoms with Gasteiger partial charge in [-0.15, -0.1) is 0 Å². The van der Waals surface area contributed by atoms with Crippen molar-refractivity contribution in [3.8, 4) is 5.75 Å². The first-order valence-electron chi connectivity index (χ1n) is 10.7. The van der Waals surface area contributed by atoms with Gasteiger partial charge in [0.25, 0.3) is 0 Å². The lowest BCUT2D eigenvalue weighted by molar-refractivity contribution is -0.130. The number of ether oxygens (including phenoxy) is 1. The van der Waals surface area contributed by atoms with E-state index in [1.165, 1.54) is 5.56 Å². The smallest absolute Gasteiger partial charge is 0.247 e. The summed E-state index contributed by atoms with van der Waals surface area (Å²) in [7, 11) is 1.61. The van der Waals surface area contributed by atoms with E-state index in [1.54, 1.807) is 7.11 Å². The molecule has 0 spiro atoms. The maximum atomic E-state index is 13.1. The lowest BCUT2D eigenvalue weighted by Gasteiger charge is -2.27. The number of fused-ring (bicyclic) bond motifs is 1. The Morgan fingerprint density at radius 2 is 1.66 bits per heavy atom. The molecular formula is C26H27N3O3. The average molecular weight is 430 g/mol. The van der Waals surface area contributed by atoms with Crippen molar-refractivity contribution >= 4 is 11.8 Å². The van der Waals surface area contributed by atoms with Crippen LogP contribution in [0.4, 0.5) is 0 Å². The average Bonchev–Trinajstić information content (AvgIpc) is 2.86. The van der Waals surface area contributed by atoms with Gasteiger partial charge in [-0.3, -0.25) is 9.59 Å². The maximum absolute atomic E-state index is 13.1. The molecule has 1 aliphatic heterocycles. The number of rotatable bonds is 7. The molecular weight excluding hydrogens is 402 g/mol. The van der Waals surface area contributed by atoms with Gasteiger partial charge in [-0.2, -0.15) is 0 Å². The molecule has 3 aromatic rings. The van der Waals surface area contributed by atoms with Crippen molar-refractivity contribution in [3.05, 3.63) is 101 Å². The van der Waals surface area contributed by atoms with Gasteiger partial charge in [-0.1, -0.05) is 66.7 Å². The standard InChI is InChI=1S/C26H27N3O3/c1-32-22-13-11-18(12-14-22)16-28-26(31)24(19-7-3-2-4-8-19)29-25(30)23-15-20-9-5-6-10-21(20)17-27-23/h2-14,23-24,27H,15-17H2,1H3,(H,28,31)(H,29,30)/t23-,24-/m1/s1. The van der Waals surface area contributed by atoms with Crippen LogP contribution in [0.25, 0.3) is 0 Å². The van der Waals surface area contributed by atoms with Gasteiger partial charge in [-0.25, -0.2) is 0 Å². The minimum Gasteiger partial charge on any atom is -0.497 e. The van der Waals surface area contributed by atoms with E-state index < -0.39 is 6.04 Å². The monoisotopic (exact) mass is 429 g/mol. The van der Waals surface area contributed by atoms with Crippen LogP contribution in [-0.4, -0.2) is 25.0 Å². The van der Waals surface area contributed by atoms with Crippen molar-refractivity contribution in [1.29, 1.82) is 0 Å². The van der Waals surface area contributed by atoms with E-state index >= 15 is 0 Å². The molecule has 6 heteroatoms. The van der Waals surface area contributed by atoms with E-state index in [0.29, 0.717) is 19.5 Å². The summed E-state index contributed by atoms with van der Waals surface area (Å²) in [5.41, 5.74) is 4.05. The fraction of sp³-hybridized carbons (Fsp3) is 0.231. The number of nitrogens with one attached hydrogen (secondary N) is 3. The van der Waals surface area contributed by atoms with Gasteiger partial charge in [0.2, 0.25) is 11.8 Å². The minimum atomic E-state index is -0.777. The Balaban J connectivity index is 1.44. The molecule has 0 aliphatic carbocycles. The van der Waals surface area contributed by atoms with Gasteiger partial charge in [0.15, 0.2) is 0 Å². The first-order valence-corrected chi connectivity index (χ1v) is 10.7. The molecule has 32 heavy (non-hydrogen) atoms. The van der Waals surface area contributed by atoms with Gasteiger partial charge in [0.1, 0.15) is 11.8 Å². The third-order valence-electron chi connectivity index (χ3n) is 5.71. The van der Waals surface area contributed by atoms with Crippen molar-refractivity contribution in [2.24, 2.45) is 0 Å². The van der Waals surface area contributed by atoms with E-state index in [2.05, 4.69) is 22.0 Å². The Bertz CT molecular complexity index is 1070. The van der Waals surface area contributed by atoms with Crippen LogP contribution in [0, 0.1) is 0 Å². The molecule has 0 aromatic heterocycles. The van der Waals surface area contributed by atoms with Crippen molar-refractivity contribution < 1.29 is 14.3 Å². The highest BCUT2D eigenvalue weighted by Gasteiger charge is 2.29. The van der Waals surface area contributed by atoms with Crippen LogP contribution in [0.3, 0.4) is 0 Å². The molecule has 2 atom stereocenters. The summed E-state index contributed by atoms with van der Waals surface area (Å²) in [6.07, 6.45) is 0.594. The number of carbonyl (C=O) groups excluding carboxylic acids is 2. The van der Waals surface area contributed by atoms with Crippen LogP contribution >= 0.6 is 0 Å². The Labute approximate surface area is 188 Å². The second-order valence-electron chi connectivity index (χ2n) is 7.82. The molecule has 0 unspecified atom stereocenters. The summed E-state index contributed by atoms with van der Waals surface area (Å²) in [4.78, 5) is 26.2. The zero-order chi connectivity index (χ0) is 22.3.